The fourth-order valence-corrected chi connectivity index (χ4v) is 4.19. The van der Waals surface area contributed by atoms with E-state index in [0.29, 0.717) is 11.6 Å². The number of benzene rings is 1. The summed E-state index contributed by atoms with van der Waals surface area (Å²) < 4.78 is 5.77. The van der Waals surface area contributed by atoms with E-state index < -0.39 is 0 Å². The average molecular weight is 380 g/mol. The van der Waals surface area contributed by atoms with Gasteiger partial charge in [-0.25, -0.2) is 0 Å². The molecule has 1 saturated heterocycles. The molecule has 1 unspecified atom stereocenters. The molecule has 6 heteroatoms. The van der Waals surface area contributed by atoms with E-state index in [0.717, 1.165) is 43.8 Å². The van der Waals surface area contributed by atoms with Gasteiger partial charge in [-0.2, -0.15) is 0 Å². The molecule has 1 amide bonds. The van der Waals surface area contributed by atoms with Gasteiger partial charge in [0.1, 0.15) is 19.2 Å². The van der Waals surface area contributed by atoms with Crippen LogP contribution in [0.15, 0.2) is 35.7 Å². The summed E-state index contributed by atoms with van der Waals surface area (Å²) in [4.78, 5) is 15.1. The molecule has 1 aromatic heterocycles. The van der Waals surface area contributed by atoms with E-state index in [1.54, 1.807) is 17.4 Å². The first-order valence-electron chi connectivity index (χ1n) is 8.63. The predicted molar refractivity (Wildman–Crippen MR) is 103 cm³/mol. The number of carbonyl (C=O) groups is 1. The Morgan fingerprint density at radius 2 is 2.32 bits per heavy atom. The van der Waals surface area contributed by atoms with E-state index in [9.17, 15) is 4.79 Å². The highest BCUT2D eigenvalue weighted by molar-refractivity contribution is 7.09. The molecule has 0 spiro atoms. The third kappa shape index (κ3) is 5.54. The van der Waals surface area contributed by atoms with Crippen molar-refractivity contribution in [3.63, 3.8) is 0 Å². The van der Waals surface area contributed by atoms with Gasteiger partial charge in [-0.1, -0.05) is 17.7 Å². The highest BCUT2D eigenvalue weighted by Crippen LogP contribution is 2.19. The lowest BCUT2D eigenvalue weighted by atomic mass is 10.2. The van der Waals surface area contributed by atoms with Gasteiger partial charge < -0.3 is 15.0 Å². The Morgan fingerprint density at radius 3 is 3.00 bits per heavy atom. The second-order valence-corrected chi connectivity index (χ2v) is 8.00. The number of quaternary nitrogens is 1. The van der Waals surface area contributed by atoms with Crippen LogP contribution in [-0.2, 0) is 16.1 Å². The van der Waals surface area contributed by atoms with Gasteiger partial charge in [0.2, 0.25) is 0 Å². The molecule has 4 nitrogen and oxygen atoms in total. The summed E-state index contributed by atoms with van der Waals surface area (Å²) in [5, 5.41) is 5.78. The summed E-state index contributed by atoms with van der Waals surface area (Å²) in [6.07, 6.45) is 2.47. The fraction of sp³-hybridized carbons (Fsp3) is 0.421. The Bertz CT molecular complexity index is 699. The Labute approximate surface area is 157 Å². The highest BCUT2D eigenvalue weighted by atomic mass is 35.5. The van der Waals surface area contributed by atoms with Crippen LogP contribution in [0.5, 0.6) is 0 Å². The number of ether oxygens (including phenoxy) is 1. The molecule has 1 fully saturated rings. The van der Waals surface area contributed by atoms with Gasteiger partial charge in [-0.05, 0) is 55.0 Å². The van der Waals surface area contributed by atoms with Crippen LogP contribution in [0.4, 0.5) is 5.69 Å². The summed E-state index contributed by atoms with van der Waals surface area (Å²) >= 11 is 7.72. The van der Waals surface area contributed by atoms with Crippen LogP contribution < -0.4 is 10.2 Å². The molecule has 0 aliphatic carbocycles. The Kier molecular flexibility index (Phi) is 6.48. The quantitative estimate of drug-likeness (QED) is 0.776. The molecule has 0 radical (unpaired) electrons. The fourth-order valence-electron chi connectivity index (χ4n) is 3.18. The zero-order chi connectivity index (χ0) is 17.6. The maximum absolute atomic E-state index is 12.6. The van der Waals surface area contributed by atoms with Crippen molar-refractivity contribution in [2.75, 3.05) is 25.0 Å². The number of nitrogens with one attached hydrogen (secondary N) is 2. The second-order valence-electron chi connectivity index (χ2n) is 6.53. The number of thiophene rings is 1. The van der Waals surface area contributed by atoms with Crippen LogP contribution >= 0.6 is 22.9 Å². The van der Waals surface area contributed by atoms with Crippen LogP contribution in [0, 0.1) is 6.92 Å². The molecule has 134 valence electrons. The first kappa shape index (κ1) is 18.4. The minimum atomic E-state index is 0.0231. The van der Waals surface area contributed by atoms with E-state index in [2.05, 4.69) is 22.8 Å². The number of hydrogen-bond donors (Lipinski definition) is 2. The number of halogens is 1. The van der Waals surface area contributed by atoms with Crippen molar-refractivity contribution in [3.05, 3.63) is 51.2 Å². The van der Waals surface area contributed by atoms with Gasteiger partial charge in [0, 0.05) is 17.3 Å². The van der Waals surface area contributed by atoms with Crippen molar-refractivity contribution in [1.82, 2.24) is 0 Å². The lowest BCUT2D eigenvalue weighted by Gasteiger charge is -2.21. The lowest BCUT2D eigenvalue weighted by molar-refractivity contribution is -0.908. The van der Waals surface area contributed by atoms with Crippen LogP contribution in [-0.4, -0.2) is 31.7 Å². The topological polar surface area (TPSA) is 42.8 Å². The standard InChI is InChI=1S/C19H23ClN2O2S/c1-14-10-15(20)6-7-18(14)21-19(23)13-22(11-16-4-2-8-24-16)12-17-5-3-9-25-17/h3,5-7,9-10,16H,2,4,8,11-13H2,1H3,(H,21,23)/p+1/t16-/m0/s1. The molecule has 0 bridgehead atoms. The summed E-state index contributed by atoms with van der Waals surface area (Å²) in [7, 11) is 0. The molecule has 0 saturated carbocycles. The average Bonchev–Trinajstić information content (AvgIpc) is 3.24. The van der Waals surface area contributed by atoms with Gasteiger partial charge >= 0.3 is 0 Å². The minimum Gasteiger partial charge on any atom is -0.372 e. The first-order valence-corrected chi connectivity index (χ1v) is 9.89. The van der Waals surface area contributed by atoms with Crippen molar-refractivity contribution in [2.24, 2.45) is 0 Å². The molecule has 1 aromatic carbocycles. The number of aryl methyl sites for hydroxylation is 1. The van der Waals surface area contributed by atoms with Gasteiger partial charge in [0.05, 0.1) is 4.88 Å². The zero-order valence-electron chi connectivity index (χ0n) is 14.4. The minimum absolute atomic E-state index is 0.0231. The van der Waals surface area contributed by atoms with Crippen molar-refractivity contribution >= 4 is 34.5 Å². The van der Waals surface area contributed by atoms with Crippen LogP contribution in [0.25, 0.3) is 0 Å². The SMILES string of the molecule is Cc1cc(Cl)ccc1NC(=O)C[NH+](Cc1cccs1)C[C@@H]1CCCO1. The van der Waals surface area contributed by atoms with Crippen LogP contribution in [0.1, 0.15) is 23.3 Å². The summed E-state index contributed by atoms with van der Waals surface area (Å²) in [5.74, 6) is 0.0231. The Balaban J connectivity index is 1.62. The monoisotopic (exact) mass is 379 g/mol. The van der Waals surface area contributed by atoms with Gasteiger partial charge in [-0.3, -0.25) is 4.79 Å². The molecular formula is C19H24ClN2O2S+. The molecule has 2 atom stereocenters. The van der Waals surface area contributed by atoms with Crippen molar-refractivity contribution in [3.8, 4) is 0 Å². The number of hydrogen-bond acceptors (Lipinski definition) is 3. The molecular weight excluding hydrogens is 356 g/mol. The maximum Gasteiger partial charge on any atom is 0.279 e. The molecule has 1 aliphatic rings. The highest BCUT2D eigenvalue weighted by Gasteiger charge is 2.24. The molecule has 3 rings (SSSR count). The number of rotatable bonds is 7. The summed E-state index contributed by atoms with van der Waals surface area (Å²) in [5.41, 5.74) is 1.79. The third-order valence-corrected chi connectivity index (χ3v) is 5.53. The van der Waals surface area contributed by atoms with Crippen molar-refractivity contribution < 1.29 is 14.4 Å². The smallest absolute Gasteiger partial charge is 0.279 e. The summed E-state index contributed by atoms with van der Waals surface area (Å²) in [6, 6.07) is 9.70. The van der Waals surface area contributed by atoms with Crippen molar-refractivity contribution in [2.45, 2.75) is 32.4 Å². The van der Waals surface area contributed by atoms with E-state index in [1.165, 1.54) is 9.78 Å². The molecule has 25 heavy (non-hydrogen) atoms. The Hall–Kier alpha value is -1.40. The molecule has 1 aliphatic heterocycles. The van der Waals surface area contributed by atoms with E-state index >= 15 is 0 Å². The van der Waals surface area contributed by atoms with Crippen molar-refractivity contribution in [1.29, 1.82) is 0 Å². The van der Waals surface area contributed by atoms with Crippen LogP contribution in [0.2, 0.25) is 5.02 Å². The van der Waals surface area contributed by atoms with Gasteiger partial charge in [0.25, 0.3) is 5.91 Å². The van der Waals surface area contributed by atoms with E-state index in [-0.39, 0.29) is 12.0 Å². The first-order chi connectivity index (χ1) is 12.1. The van der Waals surface area contributed by atoms with E-state index in [4.69, 9.17) is 16.3 Å². The van der Waals surface area contributed by atoms with E-state index in [1.807, 2.05) is 19.1 Å². The third-order valence-electron chi connectivity index (χ3n) is 4.42. The van der Waals surface area contributed by atoms with Gasteiger partial charge in [0.15, 0.2) is 6.54 Å². The number of amides is 1. The number of carbonyl (C=O) groups excluding carboxylic acids is 1. The summed E-state index contributed by atoms with van der Waals surface area (Å²) in [6.45, 7) is 4.94. The second kappa shape index (κ2) is 8.81. The zero-order valence-corrected chi connectivity index (χ0v) is 16.0. The molecule has 2 aromatic rings. The lowest BCUT2D eigenvalue weighted by Crippen LogP contribution is -3.12. The molecule has 2 heterocycles. The normalized spacial score (nSPS) is 18.2. The number of anilines is 1. The predicted octanol–water partition coefficient (Wildman–Crippen LogP) is 2.91. The maximum atomic E-state index is 12.6. The molecule has 2 N–H and O–H groups in total. The Morgan fingerprint density at radius 1 is 1.44 bits per heavy atom. The largest absolute Gasteiger partial charge is 0.372 e. The van der Waals surface area contributed by atoms with Crippen LogP contribution in [0.3, 0.4) is 0 Å². The van der Waals surface area contributed by atoms with Gasteiger partial charge in [-0.15, -0.1) is 11.3 Å².